The van der Waals surface area contributed by atoms with Gasteiger partial charge in [0.1, 0.15) is 0 Å². The smallest absolute Gasteiger partial charge is 0.0221 e. The topological polar surface area (TPSA) is 15.3 Å². The molecule has 1 heterocycles. The molecular weight excluding hydrogens is 220 g/mol. The second-order valence-electron chi connectivity index (χ2n) is 5.97. The van der Waals surface area contributed by atoms with Gasteiger partial charge in [-0.25, -0.2) is 0 Å². The van der Waals surface area contributed by atoms with Crippen molar-refractivity contribution < 1.29 is 0 Å². The number of nitrogens with zero attached hydrogens (tertiary/aromatic N) is 1. The van der Waals surface area contributed by atoms with E-state index in [1.807, 2.05) is 0 Å². The van der Waals surface area contributed by atoms with Crippen LogP contribution >= 0.6 is 0 Å². The van der Waals surface area contributed by atoms with E-state index >= 15 is 0 Å². The van der Waals surface area contributed by atoms with Crippen LogP contribution in [0.3, 0.4) is 0 Å². The van der Waals surface area contributed by atoms with Crippen molar-refractivity contribution in [2.75, 3.05) is 19.6 Å². The Hall–Kier alpha value is -0.0800. The van der Waals surface area contributed by atoms with Gasteiger partial charge in [0.15, 0.2) is 0 Å². The van der Waals surface area contributed by atoms with Crippen LogP contribution < -0.4 is 5.32 Å². The number of rotatable bonds is 8. The van der Waals surface area contributed by atoms with Gasteiger partial charge in [-0.05, 0) is 18.8 Å². The summed E-state index contributed by atoms with van der Waals surface area (Å²) in [6, 6.07) is 1.51. The third-order valence-electron chi connectivity index (χ3n) is 4.52. The molecule has 0 aromatic heterocycles. The van der Waals surface area contributed by atoms with E-state index in [0.717, 1.165) is 18.0 Å². The second-order valence-corrected chi connectivity index (χ2v) is 5.97. The minimum Gasteiger partial charge on any atom is -0.311 e. The molecule has 0 aromatic rings. The van der Waals surface area contributed by atoms with Crippen molar-refractivity contribution in [2.45, 2.75) is 78.3 Å². The molecule has 18 heavy (non-hydrogen) atoms. The molecule has 1 fully saturated rings. The molecule has 0 spiro atoms. The van der Waals surface area contributed by atoms with Gasteiger partial charge in [-0.3, -0.25) is 4.90 Å². The summed E-state index contributed by atoms with van der Waals surface area (Å²) in [5, 5.41) is 3.75. The van der Waals surface area contributed by atoms with Crippen LogP contribution in [0.5, 0.6) is 0 Å². The Kier molecular flexibility index (Phi) is 7.92. The Morgan fingerprint density at radius 3 is 2.28 bits per heavy atom. The van der Waals surface area contributed by atoms with E-state index in [-0.39, 0.29) is 0 Å². The van der Waals surface area contributed by atoms with Crippen LogP contribution in [-0.2, 0) is 0 Å². The number of hydrogen-bond acceptors (Lipinski definition) is 2. The molecule has 0 saturated carbocycles. The van der Waals surface area contributed by atoms with E-state index in [9.17, 15) is 0 Å². The fraction of sp³-hybridized carbons (Fsp3) is 1.00. The highest BCUT2D eigenvalue weighted by atomic mass is 15.2. The molecule has 0 amide bonds. The van der Waals surface area contributed by atoms with Crippen molar-refractivity contribution in [3.63, 3.8) is 0 Å². The first kappa shape index (κ1) is 16.0. The normalized spacial score (nSPS) is 25.8. The fourth-order valence-electron chi connectivity index (χ4n) is 3.19. The van der Waals surface area contributed by atoms with Gasteiger partial charge in [-0.15, -0.1) is 0 Å². The van der Waals surface area contributed by atoms with Crippen molar-refractivity contribution in [2.24, 2.45) is 5.92 Å². The van der Waals surface area contributed by atoms with Crippen LogP contribution in [0.2, 0.25) is 0 Å². The van der Waals surface area contributed by atoms with Gasteiger partial charge in [-0.1, -0.05) is 53.4 Å². The minimum absolute atomic E-state index is 0.734. The average molecular weight is 254 g/mol. The first-order chi connectivity index (χ1) is 8.74. The fourth-order valence-corrected chi connectivity index (χ4v) is 3.19. The summed E-state index contributed by atoms with van der Waals surface area (Å²) in [6.07, 6.45) is 7.96. The lowest BCUT2D eigenvalue weighted by Crippen LogP contribution is -2.57. The summed E-state index contributed by atoms with van der Waals surface area (Å²) in [5.74, 6) is 0.893. The Labute approximate surface area is 115 Å². The zero-order valence-corrected chi connectivity index (χ0v) is 13.0. The standard InChI is InChI=1S/C16H34N2/c1-5-9-15-13-18(12-14(7-3)8-4)16(10-6-2)11-17-15/h14-17H,5-13H2,1-4H3. The molecule has 2 unspecified atom stereocenters. The predicted molar refractivity (Wildman–Crippen MR) is 81.0 cm³/mol. The molecule has 2 nitrogen and oxygen atoms in total. The average Bonchev–Trinajstić information content (AvgIpc) is 2.39. The van der Waals surface area contributed by atoms with Crippen molar-refractivity contribution >= 4 is 0 Å². The van der Waals surface area contributed by atoms with Gasteiger partial charge < -0.3 is 5.32 Å². The summed E-state index contributed by atoms with van der Waals surface area (Å²) in [6.45, 7) is 13.1. The monoisotopic (exact) mass is 254 g/mol. The van der Waals surface area contributed by atoms with Crippen LogP contribution in [0.25, 0.3) is 0 Å². The molecule has 108 valence electrons. The van der Waals surface area contributed by atoms with Crippen molar-refractivity contribution in [1.82, 2.24) is 10.2 Å². The second kappa shape index (κ2) is 8.92. The summed E-state index contributed by atoms with van der Waals surface area (Å²) in [5.41, 5.74) is 0. The summed E-state index contributed by atoms with van der Waals surface area (Å²) in [7, 11) is 0. The van der Waals surface area contributed by atoms with Crippen LogP contribution in [0.15, 0.2) is 0 Å². The third kappa shape index (κ3) is 4.89. The largest absolute Gasteiger partial charge is 0.311 e. The highest BCUT2D eigenvalue weighted by Crippen LogP contribution is 2.19. The molecule has 1 rings (SSSR count). The number of piperazine rings is 1. The van der Waals surface area contributed by atoms with E-state index in [4.69, 9.17) is 0 Å². The highest BCUT2D eigenvalue weighted by molar-refractivity contribution is 4.86. The van der Waals surface area contributed by atoms with Gasteiger partial charge in [-0.2, -0.15) is 0 Å². The lowest BCUT2D eigenvalue weighted by molar-refractivity contribution is 0.0982. The number of nitrogens with one attached hydrogen (secondary N) is 1. The lowest BCUT2D eigenvalue weighted by Gasteiger charge is -2.42. The molecule has 0 aliphatic carbocycles. The van der Waals surface area contributed by atoms with Crippen LogP contribution in [-0.4, -0.2) is 36.6 Å². The van der Waals surface area contributed by atoms with E-state index in [1.54, 1.807) is 0 Å². The maximum absolute atomic E-state index is 3.75. The SMILES string of the molecule is CCCC1CN(CC(CC)CC)C(CCC)CN1. The Morgan fingerprint density at radius 2 is 1.72 bits per heavy atom. The van der Waals surface area contributed by atoms with Crippen LogP contribution in [0.1, 0.15) is 66.2 Å². The first-order valence-electron chi connectivity index (χ1n) is 8.22. The van der Waals surface area contributed by atoms with Gasteiger partial charge >= 0.3 is 0 Å². The Balaban J connectivity index is 2.53. The zero-order chi connectivity index (χ0) is 13.4. The van der Waals surface area contributed by atoms with E-state index in [0.29, 0.717) is 0 Å². The minimum atomic E-state index is 0.734. The Morgan fingerprint density at radius 1 is 1.06 bits per heavy atom. The molecule has 0 aromatic carbocycles. The van der Waals surface area contributed by atoms with Crippen molar-refractivity contribution in [3.8, 4) is 0 Å². The predicted octanol–water partition coefficient (Wildman–Crippen LogP) is 3.67. The molecular formula is C16H34N2. The summed E-state index contributed by atoms with van der Waals surface area (Å²) < 4.78 is 0. The van der Waals surface area contributed by atoms with Crippen molar-refractivity contribution in [3.05, 3.63) is 0 Å². The maximum atomic E-state index is 3.75. The van der Waals surface area contributed by atoms with E-state index in [1.165, 1.54) is 58.2 Å². The first-order valence-corrected chi connectivity index (χ1v) is 8.22. The molecule has 0 bridgehead atoms. The van der Waals surface area contributed by atoms with E-state index in [2.05, 4.69) is 37.9 Å². The highest BCUT2D eigenvalue weighted by Gasteiger charge is 2.27. The Bertz CT molecular complexity index is 201. The molecule has 0 radical (unpaired) electrons. The molecule has 1 aliphatic rings. The van der Waals surface area contributed by atoms with E-state index < -0.39 is 0 Å². The van der Waals surface area contributed by atoms with Gasteiger partial charge in [0.05, 0.1) is 0 Å². The molecule has 1 N–H and O–H groups in total. The maximum Gasteiger partial charge on any atom is 0.0221 e. The molecule has 2 heteroatoms. The van der Waals surface area contributed by atoms with Gasteiger partial charge in [0.25, 0.3) is 0 Å². The molecule has 2 atom stereocenters. The number of hydrogen-bond donors (Lipinski definition) is 1. The van der Waals surface area contributed by atoms with Crippen LogP contribution in [0.4, 0.5) is 0 Å². The molecule has 1 aliphatic heterocycles. The summed E-state index contributed by atoms with van der Waals surface area (Å²) >= 11 is 0. The van der Waals surface area contributed by atoms with Gasteiger partial charge in [0, 0.05) is 31.7 Å². The summed E-state index contributed by atoms with van der Waals surface area (Å²) in [4.78, 5) is 2.79. The van der Waals surface area contributed by atoms with Crippen molar-refractivity contribution in [1.29, 1.82) is 0 Å². The van der Waals surface area contributed by atoms with Gasteiger partial charge in [0.2, 0.25) is 0 Å². The quantitative estimate of drug-likeness (QED) is 0.711. The zero-order valence-electron chi connectivity index (χ0n) is 13.0. The molecule has 1 saturated heterocycles. The third-order valence-corrected chi connectivity index (χ3v) is 4.52. The van der Waals surface area contributed by atoms with Crippen LogP contribution in [0, 0.1) is 5.92 Å². The lowest BCUT2D eigenvalue weighted by atomic mass is 9.97.